The van der Waals surface area contributed by atoms with Gasteiger partial charge in [0.15, 0.2) is 11.5 Å². The molecule has 1 atom stereocenters. The van der Waals surface area contributed by atoms with Gasteiger partial charge in [-0.05, 0) is 32.1 Å². The number of aryl methyl sites for hydroxylation is 1. The Morgan fingerprint density at radius 1 is 1.27 bits per heavy atom. The summed E-state index contributed by atoms with van der Waals surface area (Å²) >= 11 is 0. The Hall–Kier alpha value is -2.08. The van der Waals surface area contributed by atoms with Crippen molar-refractivity contribution in [2.75, 3.05) is 26.2 Å². The summed E-state index contributed by atoms with van der Waals surface area (Å²) in [5.74, 6) is -0.00258. The van der Waals surface area contributed by atoms with Crippen LogP contribution < -0.4 is 0 Å². The van der Waals surface area contributed by atoms with E-state index in [4.69, 9.17) is 4.42 Å². The molecular weight excluding hydrogens is 332 g/mol. The highest BCUT2D eigenvalue weighted by atomic mass is 16.3. The average molecular weight is 362 g/mol. The second-order valence-electron chi connectivity index (χ2n) is 7.72. The number of amides is 1. The second kappa shape index (κ2) is 7.66. The van der Waals surface area contributed by atoms with Gasteiger partial charge in [0.05, 0.1) is 5.57 Å². The maximum Gasteiger partial charge on any atom is 0.290 e. The predicted octanol–water partition coefficient (Wildman–Crippen LogP) is 3.24. The lowest BCUT2D eigenvalue weighted by molar-refractivity contribution is -0.129. The molecule has 0 radical (unpaired) electrons. The minimum absolute atomic E-state index is 0.136. The highest BCUT2D eigenvalue weighted by molar-refractivity contribution is 6.10. The van der Waals surface area contributed by atoms with Crippen molar-refractivity contribution in [1.29, 1.82) is 0 Å². The lowest BCUT2D eigenvalue weighted by Gasteiger charge is -2.29. The summed E-state index contributed by atoms with van der Waals surface area (Å²) in [6.45, 7) is 14.1. The van der Waals surface area contributed by atoms with Crippen molar-refractivity contribution < 1.29 is 19.1 Å². The Balaban J connectivity index is 2.43. The van der Waals surface area contributed by atoms with Gasteiger partial charge in [0.25, 0.3) is 5.91 Å². The van der Waals surface area contributed by atoms with Gasteiger partial charge in [-0.1, -0.05) is 34.6 Å². The fourth-order valence-electron chi connectivity index (χ4n) is 3.21. The van der Waals surface area contributed by atoms with Crippen LogP contribution in [-0.4, -0.2) is 52.8 Å². The highest BCUT2D eigenvalue weighted by Gasteiger charge is 2.47. The number of furan rings is 1. The molecule has 0 spiro atoms. The molecule has 1 aliphatic rings. The molecule has 0 saturated heterocycles. The molecule has 1 aromatic rings. The quantitative estimate of drug-likeness (QED) is 0.806. The van der Waals surface area contributed by atoms with E-state index in [1.807, 2.05) is 6.92 Å². The molecule has 1 aromatic heterocycles. The maximum absolute atomic E-state index is 13.0. The van der Waals surface area contributed by atoms with E-state index >= 15 is 0 Å². The third kappa shape index (κ3) is 3.85. The molecule has 1 amide bonds. The topological polar surface area (TPSA) is 74.0 Å². The molecule has 2 heterocycles. The number of Topliss-reactive ketones (excluding diaryl/α,β-unsaturated/α-hetero) is 1. The second-order valence-corrected chi connectivity index (χ2v) is 7.72. The number of hydrogen-bond acceptors (Lipinski definition) is 5. The van der Waals surface area contributed by atoms with Gasteiger partial charge >= 0.3 is 0 Å². The van der Waals surface area contributed by atoms with Gasteiger partial charge in [0.2, 0.25) is 0 Å². The Kier molecular flexibility index (Phi) is 5.96. The SMILES string of the molecule is CCN(CC)CCN1C(=O)C(O)=C(C(=O)C(C)(C)C)C1c1ccc(C)o1. The Morgan fingerprint density at radius 3 is 2.35 bits per heavy atom. The van der Waals surface area contributed by atoms with Crippen LogP contribution in [0, 0.1) is 12.3 Å². The average Bonchev–Trinajstić information content (AvgIpc) is 3.10. The molecule has 0 aromatic carbocycles. The van der Waals surface area contributed by atoms with Gasteiger partial charge in [-0.15, -0.1) is 0 Å². The zero-order valence-corrected chi connectivity index (χ0v) is 16.6. The summed E-state index contributed by atoms with van der Waals surface area (Å²) in [5, 5.41) is 10.5. The molecule has 144 valence electrons. The number of nitrogens with zero attached hydrogens (tertiary/aromatic N) is 2. The zero-order valence-electron chi connectivity index (χ0n) is 16.6. The summed E-state index contributed by atoms with van der Waals surface area (Å²) in [6.07, 6.45) is 0. The third-order valence-corrected chi connectivity index (χ3v) is 4.81. The number of carbonyl (C=O) groups is 2. The number of hydrogen-bond donors (Lipinski definition) is 1. The Bertz CT molecular complexity index is 708. The summed E-state index contributed by atoms with van der Waals surface area (Å²) in [4.78, 5) is 29.4. The fourth-order valence-corrected chi connectivity index (χ4v) is 3.21. The summed E-state index contributed by atoms with van der Waals surface area (Å²) in [6, 6.07) is 2.89. The first-order valence-corrected chi connectivity index (χ1v) is 9.19. The third-order valence-electron chi connectivity index (χ3n) is 4.81. The van der Waals surface area contributed by atoms with Crippen molar-refractivity contribution in [2.24, 2.45) is 5.41 Å². The van der Waals surface area contributed by atoms with E-state index < -0.39 is 23.1 Å². The molecule has 0 saturated carbocycles. The summed E-state index contributed by atoms with van der Waals surface area (Å²) in [5.41, 5.74) is -0.574. The Labute approximate surface area is 155 Å². The van der Waals surface area contributed by atoms with Crippen LogP contribution in [-0.2, 0) is 9.59 Å². The van der Waals surface area contributed by atoms with E-state index in [9.17, 15) is 14.7 Å². The largest absolute Gasteiger partial charge is 0.503 e. The van der Waals surface area contributed by atoms with Crippen LogP contribution in [0.5, 0.6) is 0 Å². The van der Waals surface area contributed by atoms with Crippen molar-refractivity contribution in [3.63, 3.8) is 0 Å². The van der Waals surface area contributed by atoms with E-state index in [0.29, 0.717) is 24.6 Å². The van der Waals surface area contributed by atoms with Gasteiger partial charge < -0.3 is 19.3 Å². The molecule has 26 heavy (non-hydrogen) atoms. The molecule has 6 heteroatoms. The number of rotatable bonds is 7. The molecule has 0 aliphatic carbocycles. The van der Waals surface area contributed by atoms with Crippen LogP contribution in [0.4, 0.5) is 0 Å². The molecular formula is C20H30N2O4. The fraction of sp³-hybridized carbons (Fsp3) is 0.600. The maximum atomic E-state index is 13.0. The van der Waals surface area contributed by atoms with Crippen LogP contribution in [0.3, 0.4) is 0 Å². The van der Waals surface area contributed by atoms with Gasteiger partial charge in [0.1, 0.15) is 17.6 Å². The van der Waals surface area contributed by atoms with E-state index in [1.165, 1.54) is 0 Å². The van der Waals surface area contributed by atoms with Crippen LogP contribution in [0.25, 0.3) is 0 Å². The number of ketones is 1. The molecule has 1 unspecified atom stereocenters. The zero-order chi connectivity index (χ0) is 19.6. The van der Waals surface area contributed by atoms with Crippen molar-refractivity contribution in [3.05, 3.63) is 35.0 Å². The molecule has 1 aliphatic heterocycles. The standard InChI is InChI=1S/C20H30N2O4/c1-7-21(8-2)11-12-22-16(14-10-9-13(3)26-14)15(17(23)19(22)25)18(24)20(4,5)6/h9-10,16,23H,7-8,11-12H2,1-6H3. The monoisotopic (exact) mass is 362 g/mol. The van der Waals surface area contributed by atoms with Gasteiger partial charge in [-0.25, -0.2) is 0 Å². The van der Waals surface area contributed by atoms with E-state index in [1.54, 1.807) is 37.8 Å². The minimum Gasteiger partial charge on any atom is -0.503 e. The minimum atomic E-state index is -0.710. The Morgan fingerprint density at radius 2 is 1.88 bits per heavy atom. The van der Waals surface area contributed by atoms with E-state index in [0.717, 1.165) is 13.1 Å². The normalized spacial score (nSPS) is 18.3. The van der Waals surface area contributed by atoms with Crippen molar-refractivity contribution in [2.45, 2.75) is 47.6 Å². The molecule has 6 nitrogen and oxygen atoms in total. The first-order valence-electron chi connectivity index (χ1n) is 9.19. The summed E-state index contributed by atoms with van der Waals surface area (Å²) in [7, 11) is 0. The van der Waals surface area contributed by atoms with E-state index in [-0.39, 0.29) is 11.4 Å². The first-order chi connectivity index (χ1) is 12.1. The lowest BCUT2D eigenvalue weighted by atomic mass is 9.83. The number of likely N-dealkylation sites (N-methyl/N-ethyl adjacent to an activating group) is 1. The van der Waals surface area contributed by atoms with Crippen molar-refractivity contribution >= 4 is 11.7 Å². The highest BCUT2D eigenvalue weighted by Crippen LogP contribution is 2.41. The number of aliphatic hydroxyl groups excluding tert-OH is 1. The molecule has 1 N–H and O–H groups in total. The molecule has 0 bridgehead atoms. The van der Waals surface area contributed by atoms with Crippen LogP contribution >= 0.6 is 0 Å². The van der Waals surface area contributed by atoms with E-state index in [2.05, 4.69) is 18.7 Å². The molecule has 0 fully saturated rings. The number of carbonyl (C=O) groups excluding carboxylic acids is 2. The van der Waals surface area contributed by atoms with Gasteiger partial charge in [-0.3, -0.25) is 9.59 Å². The smallest absolute Gasteiger partial charge is 0.290 e. The summed E-state index contributed by atoms with van der Waals surface area (Å²) < 4.78 is 5.74. The van der Waals surface area contributed by atoms with Crippen LogP contribution in [0.2, 0.25) is 0 Å². The number of aliphatic hydroxyl groups is 1. The molecule has 2 rings (SSSR count). The predicted molar refractivity (Wildman–Crippen MR) is 99.8 cm³/mol. The lowest BCUT2D eigenvalue weighted by Crippen LogP contribution is -2.39. The van der Waals surface area contributed by atoms with Crippen LogP contribution in [0.1, 0.15) is 52.2 Å². The van der Waals surface area contributed by atoms with Gasteiger partial charge in [0, 0.05) is 18.5 Å². The van der Waals surface area contributed by atoms with Crippen molar-refractivity contribution in [1.82, 2.24) is 9.80 Å². The first kappa shape index (κ1) is 20.2. The van der Waals surface area contributed by atoms with Crippen LogP contribution in [0.15, 0.2) is 27.9 Å². The van der Waals surface area contributed by atoms with Gasteiger partial charge in [-0.2, -0.15) is 0 Å². The van der Waals surface area contributed by atoms with Crippen molar-refractivity contribution in [3.8, 4) is 0 Å².